The van der Waals surface area contributed by atoms with E-state index in [2.05, 4.69) is 74.2 Å². The molecule has 1 aliphatic carbocycles. The molecule has 0 radical (unpaired) electrons. The molecule has 0 saturated carbocycles. The average molecular weight is 672 g/mol. The van der Waals surface area contributed by atoms with Gasteiger partial charge in [0.2, 0.25) is 0 Å². The summed E-state index contributed by atoms with van der Waals surface area (Å²) in [6.07, 6.45) is 6.43. The van der Waals surface area contributed by atoms with Crippen LogP contribution in [0, 0.1) is 11.3 Å². The molecule has 0 bridgehead atoms. The fraction of sp³-hybridized carbons (Fsp3) is 0.250. The zero-order valence-corrected chi connectivity index (χ0v) is 25.3. The lowest BCUT2D eigenvalue weighted by atomic mass is 9.89. The number of aliphatic hydroxyl groups is 1. The van der Waals surface area contributed by atoms with Gasteiger partial charge in [-0.15, -0.1) is 0 Å². The lowest BCUT2D eigenvalue weighted by molar-refractivity contribution is 0.125. The van der Waals surface area contributed by atoms with Gasteiger partial charge in [0.05, 0.1) is 41.6 Å². The molecule has 2 atom stereocenters. The molecule has 1 unspecified atom stereocenters. The molecular formula is C32H30IN7O2. The number of alkyl halides is 1. The summed E-state index contributed by atoms with van der Waals surface area (Å²) in [6, 6.07) is 19.2. The molecule has 2 aromatic heterocycles. The van der Waals surface area contributed by atoms with Crippen LogP contribution in [-0.2, 0) is 11.5 Å². The van der Waals surface area contributed by atoms with Gasteiger partial charge >= 0.3 is 6.03 Å². The highest BCUT2D eigenvalue weighted by Gasteiger charge is 2.35. The van der Waals surface area contributed by atoms with Gasteiger partial charge in [0.1, 0.15) is 6.10 Å². The van der Waals surface area contributed by atoms with E-state index in [1.54, 1.807) is 36.8 Å². The summed E-state index contributed by atoms with van der Waals surface area (Å²) in [5, 5.41) is 23.7. The summed E-state index contributed by atoms with van der Waals surface area (Å²) in [4.78, 5) is 26.4. The fourth-order valence-corrected chi connectivity index (χ4v) is 6.22. The van der Waals surface area contributed by atoms with E-state index in [0.717, 1.165) is 38.1 Å². The van der Waals surface area contributed by atoms with Crippen LogP contribution in [0.2, 0.25) is 0 Å². The van der Waals surface area contributed by atoms with Crippen molar-refractivity contribution in [2.75, 3.05) is 31.5 Å². The Bertz CT molecular complexity index is 1680. The van der Waals surface area contributed by atoms with E-state index in [0.29, 0.717) is 37.4 Å². The zero-order valence-electron chi connectivity index (χ0n) is 23.1. The molecular weight excluding hydrogens is 641 g/mol. The monoisotopic (exact) mass is 671 g/mol. The third-order valence-corrected chi connectivity index (χ3v) is 8.86. The Labute approximate surface area is 258 Å². The van der Waals surface area contributed by atoms with Crippen LogP contribution in [0.25, 0.3) is 11.6 Å². The van der Waals surface area contributed by atoms with Crippen LogP contribution < -0.4 is 5.32 Å². The summed E-state index contributed by atoms with van der Waals surface area (Å²) < 4.78 is 2.70. The number of amides is 2. The maximum atomic E-state index is 13.1. The van der Waals surface area contributed by atoms with Crippen LogP contribution in [0.1, 0.15) is 51.4 Å². The van der Waals surface area contributed by atoms with Crippen molar-refractivity contribution < 1.29 is 9.90 Å². The summed E-state index contributed by atoms with van der Waals surface area (Å²) in [5.41, 5.74) is 7.92. The van der Waals surface area contributed by atoms with Gasteiger partial charge in [-0.2, -0.15) is 5.26 Å². The van der Waals surface area contributed by atoms with Gasteiger partial charge in [-0.3, -0.25) is 9.88 Å². The first kappa shape index (κ1) is 28.1. The van der Waals surface area contributed by atoms with Crippen LogP contribution in [0.15, 0.2) is 73.3 Å². The number of anilines is 1. The van der Waals surface area contributed by atoms with Gasteiger partial charge in [0, 0.05) is 49.5 Å². The Hall–Kier alpha value is -4.05. The number of hydrogen-bond donors (Lipinski definition) is 2. The zero-order chi connectivity index (χ0) is 29.2. The van der Waals surface area contributed by atoms with E-state index < -0.39 is 6.10 Å². The third kappa shape index (κ3) is 5.43. The molecule has 4 aromatic rings. The van der Waals surface area contributed by atoms with E-state index in [1.165, 1.54) is 5.56 Å². The number of fused-ring (bicyclic) bond motifs is 2. The minimum Gasteiger partial charge on any atom is -0.382 e. The van der Waals surface area contributed by atoms with E-state index >= 15 is 0 Å². The molecule has 42 heavy (non-hydrogen) atoms. The number of halogens is 1. The van der Waals surface area contributed by atoms with Crippen molar-refractivity contribution in [3.05, 3.63) is 113 Å². The standard InChI is InChI=1S/C32H30IN7O2/c1-38-20-35-19-28(38)31(41)27-16-23-3-2-10-36-29(23)30(25-9-6-22(17-33)15-26(25)27)39-11-13-40(14-12-39)32(42)37-24-7-4-21(18-34)5-8-24/h2-10,15-16,19-20,30-31,41H,11-14,17H2,1H3,(H,37,42)/t30-,31?/m0/s1. The predicted octanol–water partition coefficient (Wildman–Crippen LogP) is 5.15. The number of nitriles is 1. The van der Waals surface area contributed by atoms with Gasteiger partial charge in [0.15, 0.2) is 0 Å². The number of nitrogens with one attached hydrogen (secondary N) is 1. The van der Waals surface area contributed by atoms with E-state index in [4.69, 9.17) is 10.2 Å². The van der Waals surface area contributed by atoms with Crippen molar-refractivity contribution in [1.29, 1.82) is 5.26 Å². The Morgan fingerprint density at radius 2 is 1.95 bits per heavy atom. The number of nitrogens with zero attached hydrogens (tertiary/aromatic N) is 6. The van der Waals surface area contributed by atoms with Crippen LogP contribution in [-0.4, -0.2) is 61.7 Å². The van der Waals surface area contributed by atoms with Gasteiger partial charge in [-0.05, 0) is 64.2 Å². The Balaban J connectivity index is 1.31. The number of aliphatic hydroxyl groups excluding tert-OH is 1. The van der Waals surface area contributed by atoms with E-state index in [9.17, 15) is 9.90 Å². The molecule has 2 aromatic carbocycles. The number of hydrogen-bond acceptors (Lipinski definition) is 6. The molecule has 1 fully saturated rings. The summed E-state index contributed by atoms with van der Waals surface area (Å²) >= 11 is 2.37. The average Bonchev–Trinajstić information content (AvgIpc) is 3.40. The summed E-state index contributed by atoms with van der Waals surface area (Å²) in [6.45, 7) is 2.43. The Morgan fingerprint density at radius 1 is 1.17 bits per heavy atom. The van der Waals surface area contributed by atoms with Crippen molar-refractivity contribution >= 4 is 46.0 Å². The Kier molecular flexibility index (Phi) is 8.06. The first-order valence-corrected chi connectivity index (χ1v) is 15.3. The van der Waals surface area contributed by atoms with E-state index in [1.807, 2.05) is 28.8 Å². The first-order chi connectivity index (χ1) is 20.5. The van der Waals surface area contributed by atoms with Crippen molar-refractivity contribution in [3.63, 3.8) is 0 Å². The topological polar surface area (TPSA) is 110 Å². The van der Waals surface area contributed by atoms with Crippen LogP contribution in [0.3, 0.4) is 0 Å². The highest BCUT2D eigenvalue weighted by Crippen LogP contribution is 2.43. The number of urea groups is 1. The van der Waals surface area contributed by atoms with Crippen molar-refractivity contribution in [3.8, 4) is 6.07 Å². The van der Waals surface area contributed by atoms with Crippen molar-refractivity contribution in [2.24, 2.45) is 7.05 Å². The van der Waals surface area contributed by atoms with Crippen LogP contribution >= 0.6 is 22.6 Å². The maximum Gasteiger partial charge on any atom is 0.321 e. The lowest BCUT2D eigenvalue weighted by Gasteiger charge is -2.39. The molecule has 0 spiro atoms. The van der Waals surface area contributed by atoms with Crippen molar-refractivity contribution in [1.82, 2.24) is 24.3 Å². The highest BCUT2D eigenvalue weighted by atomic mass is 127. The SMILES string of the molecule is Cn1cncc1C(O)C1=Cc2cccnc2[C@@H](N2CCN(C(=O)Nc3ccc(C#N)cc3)CC2)c2ccc(CI)cc21. The van der Waals surface area contributed by atoms with Gasteiger partial charge < -0.3 is 19.9 Å². The number of aryl methyl sites for hydroxylation is 1. The van der Waals surface area contributed by atoms with Crippen LogP contribution in [0.4, 0.5) is 10.5 Å². The number of aromatic nitrogens is 3. The number of rotatable bonds is 5. The first-order valence-electron chi connectivity index (χ1n) is 13.8. The minimum absolute atomic E-state index is 0.143. The van der Waals surface area contributed by atoms with E-state index in [-0.39, 0.29) is 12.1 Å². The third-order valence-electron chi connectivity index (χ3n) is 7.98. The largest absolute Gasteiger partial charge is 0.382 e. The maximum absolute atomic E-state index is 13.1. The molecule has 6 rings (SSSR count). The number of carbonyl (C=O) groups excluding carboxylic acids is 1. The normalized spacial score (nSPS) is 17.3. The molecule has 1 saturated heterocycles. The predicted molar refractivity (Wildman–Crippen MR) is 170 cm³/mol. The minimum atomic E-state index is -0.865. The second-order valence-electron chi connectivity index (χ2n) is 10.5. The van der Waals surface area contributed by atoms with Crippen molar-refractivity contribution in [2.45, 2.75) is 16.6 Å². The fourth-order valence-electron chi connectivity index (χ4n) is 5.75. The Morgan fingerprint density at radius 3 is 2.64 bits per heavy atom. The van der Waals surface area contributed by atoms with Gasteiger partial charge in [-0.1, -0.05) is 46.9 Å². The van der Waals surface area contributed by atoms with Gasteiger partial charge in [-0.25, -0.2) is 9.78 Å². The number of benzene rings is 2. The smallest absolute Gasteiger partial charge is 0.321 e. The second-order valence-corrected chi connectivity index (χ2v) is 11.3. The summed E-state index contributed by atoms with van der Waals surface area (Å²) in [7, 11) is 1.89. The number of carbonyl (C=O) groups is 1. The molecule has 2 aliphatic rings. The number of piperazine rings is 1. The lowest BCUT2D eigenvalue weighted by Crippen LogP contribution is -2.51. The molecule has 3 heterocycles. The molecule has 2 amide bonds. The quantitative estimate of drug-likeness (QED) is 0.225. The summed E-state index contributed by atoms with van der Waals surface area (Å²) in [5.74, 6) is 0. The molecule has 9 nitrogen and oxygen atoms in total. The number of imidazole rings is 1. The second kappa shape index (κ2) is 12.1. The molecule has 212 valence electrons. The number of pyridine rings is 1. The molecule has 10 heteroatoms. The highest BCUT2D eigenvalue weighted by molar-refractivity contribution is 14.1. The molecule has 2 N–H and O–H groups in total. The molecule has 1 aliphatic heterocycles. The van der Waals surface area contributed by atoms with Crippen LogP contribution in [0.5, 0.6) is 0 Å². The van der Waals surface area contributed by atoms with Gasteiger partial charge in [0.25, 0.3) is 0 Å².